The predicted octanol–water partition coefficient (Wildman–Crippen LogP) is 1.55. The molecule has 0 atom stereocenters. The maximum atomic E-state index is 8.19. The van der Waals surface area contributed by atoms with Gasteiger partial charge in [0.25, 0.3) is 0 Å². The molecule has 2 nitrogen and oxygen atoms in total. The van der Waals surface area contributed by atoms with Crippen LogP contribution in [0.1, 0.15) is 9.75 Å². The van der Waals surface area contributed by atoms with Gasteiger partial charge < -0.3 is 0 Å². The highest BCUT2D eigenvalue weighted by Gasteiger charge is 2.04. The van der Waals surface area contributed by atoms with E-state index in [1.807, 2.05) is 12.1 Å². The van der Waals surface area contributed by atoms with Crippen LogP contribution in [0.5, 0.6) is 0 Å². The third-order valence-electron chi connectivity index (χ3n) is 0.618. The van der Waals surface area contributed by atoms with Crippen LogP contribution in [0.25, 0.3) is 0 Å². The first kappa shape index (κ1) is 5.30. The van der Waals surface area contributed by atoms with E-state index in [0.717, 1.165) is 0 Å². The first-order valence-corrected chi connectivity index (χ1v) is 3.92. The van der Waals surface area contributed by atoms with Gasteiger partial charge in [0.1, 0.15) is 21.9 Å². The van der Waals surface area contributed by atoms with Crippen LogP contribution in [0, 0.1) is 22.7 Å². The lowest BCUT2D eigenvalue weighted by Gasteiger charge is -1.89. The molecule has 0 amide bonds. The van der Waals surface area contributed by atoms with E-state index in [-0.39, 0.29) is 0 Å². The molecular weight excluding hydrogens is 140 g/mol. The Kier molecular flexibility index (Phi) is 1.29. The molecule has 8 heavy (non-hydrogen) atoms. The zero-order chi connectivity index (χ0) is 5.98. The SMILES string of the molecule is N#Cc1ssc1C#N. The average Bonchev–Trinajstić information content (AvgIpc) is 1.66. The summed E-state index contributed by atoms with van der Waals surface area (Å²) in [7, 11) is 2.70. The van der Waals surface area contributed by atoms with Crippen LogP contribution in [0.2, 0.25) is 0 Å². The molecule has 0 bridgehead atoms. The molecule has 0 unspecified atom stereocenters. The molecule has 4 heteroatoms. The molecule has 1 heterocycles. The molecule has 0 aliphatic heterocycles. The molecule has 0 aliphatic rings. The molecule has 0 N–H and O–H groups in total. The lowest BCUT2D eigenvalue weighted by atomic mass is 10.5. The van der Waals surface area contributed by atoms with Crippen molar-refractivity contribution in [2.24, 2.45) is 0 Å². The smallest absolute Gasteiger partial charge is 0.144 e. The van der Waals surface area contributed by atoms with E-state index >= 15 is 0 Å². The summed E-state index contributed by atoms with van der Waals surface area (Å²) in [5.41, 5.74) is 0. The zero-order valence-corrected chi connectivity index (χ0v) is 5.34. The summed E-state index contributed by atoms with van der Waals surface area (Å²) in [6.45, 7) is 0. The number of nitrogens with zero attached hydrogens (tertiary/aromatic N) is 2. The Hall–Kier alpha value is -0.840. The lowest BCUT2D eigenvalue weighted by Crippen LogP contribution is -1.75. The van der Waals surface area contributed by atoms with Gasteiger partial charge in [-0.2, -0.15) is 10.5 Å². The lowest BCUT2D eigenvalue weighted by molar-refractivity contribution is 1.49. The van der Waals surface area contributed by atoms with Gasteiger partial charge in [0.2, 0.25) is 0 Å². The first-order chi connectivity index (χ1) is 3.88. The highest BCUT2D eigenvalue weighted by Crippen LogP contribution is 2.25. The number of hydrogen-bond donors (Lipinski definition) is 0. The van der Waals surface area contributed by atoms with Crippen molar-refractivity contribution in [2.75, 3.05) is 0 Å². The van der Waals surface area contributed by atoms with E-state index in [0.29, 0.717) is 9.75 Å². The van der Waals surface area contributed by atoms with Gasteiger partial charge in [0.05, 0.1) is 0 Å². The van der Waals surface area contributed by atoms with Crippen molar-refractivity contribution in [1.82, 2.24) is 0 Å². The average molecular weight is 140 g/mol. The third-order valence-corrected chi connectivity index (χ3v) is 3.00. The molecule has 0 saturated heterocycles. The molecule has 0 radical (unpaired) electrons. The summed E-state index contributed by atoms with van der Waals surface area (Å²) in [6.07, 6.45) is 0. The summed E-state index contributed by atoms with van der Waals surface area (Å²) >= 11 is 0. The Morgan fingerprint density at radius 1 is 1.00 bits per heavy atom. The molecule has 1 rings (SSSR count). The fourth-order valence-corrected chi connectivity index (χ4v) is 1.65. The number of rotatable bonds is 0. The van der Waals surface area contributed by atoms with E-state index in [4.69, 9.17) is 10.5 Å². The maximum Gasteiger partial charge on any atom is 0.144 e. The molecule has 38 valence electrons. The van der Waals surface area contributed by atoms with Crippen molar-refractivity contribution >= 4 is 20.7 Å². The van der Waals surface area contributed by atoms with Gasteiger partial charge in [-0.15, -0.1) is 0 Å². The molecule has 0 fully saturated rings. The Morgan fingerprint density at radius 2 is 1.38 bits per heavy atom. The molecule has 0 aromatic carbocycles. The standard InChI is InChI=1S/C4N2S2/c5-1-3-4(2-6)8-7-3. The zero-order valence-electron chi connectivity index (χ0n) is 3.71. The Morgan fingerprint density at radius 3 is 1.50 bits per heavy atom. The van der Waals surface area contributed by atoms with Crippen LogP contribution in [-0.2, 0) is 0 Å². The van der Waals surface area contributed by atoms with E-state index in [9.17, 15) is 0 Å². The molecular formula is C4N2S2. The normalized spacial score (nSPS) is 7.75. The Balaban J connectivity index is 2.97. The van der Waals surface area contributed by atoms with Crippen molar-refractivity contribution in [2.45, 2.75) is 0 Å². The van der Waals surface area contributed by atoms with Crippen LogP contribution >= 0.6 is 20.7 Å². The molecule has 0 aliphatic carbocycles. The van der Waals surface area contributed by atoms with Crippen molar-refractivity contribution in [1.29, 1.82) is 10.5 Å². The summed E-state index contributed by atoms with van der Waals surface area (Å²) in [5, 5.41) is 16.4. The van der Waals surface area contributed by atoms with Crippen LogP contribution in [0.15, 0.2) is 0 Å². The van der Waals surface area contributed by atoms with Crippen LogP contribution in [-0.4, -0.2) is 0 Å². The fraction of sp³-hybridized carbons (Fsp3) is 0. The molecule has 1 aromatic heterocycles. The number of hydrogen-bond acceptors (Lipinski definition) is 4. The second kappa shape index (κ2) is 1.95. The summed E-state index contributed by atoms with van der Waals surface area (Å²) < 4.78 is 0. The van der Waals surface area contributed by atoms with Gasteiger partial charge in [-0.3, -0.25) is 0 Å². The Labute approximate surface area is 53.6 Å². The van der Waals surface area contributed by atoms with Crippen molar-refractivity contribution in [3.05, 3.63) is 9.75 Å². The highest BCUT2D eigenvalue weighted by molar-refractivity contribution is 7.72. The summed E-state index contributed by atoms with van der Waals surface area (Å²) in [5.74, 6) is 0. The van der Waals surface area contributed by atoms with E-state index in [1.54, 1.807) is 0 Å². The highest BCUT2D eigenvalue weighted by atomic mass is 32.9. The topological polar surface area (TPSA) is 47.6 Å². The molecule has 0 spiro atoms. The predicted molar refractivity (Wildman–Crippen MR) is 31.6 cm³/mol. The minimum atomic E-state index is 0.553. The third kappa shape index (κ3) is 0.604. The quantitative estimate of drug-likeness (QED) is 0.513. The van der Waals surface area contributed by atoms with Gasteiger partial charge >= 0.3 is 0 Å². The largest absolute Gasteiger partial charge is 0.191 e. The van der Waals surface area contributed by atoms with E-state index in [1.165, 1.54) is 20.7 Å². The summed E-state index contributed by atoms with van der Waals surface area (Å²) in [4.78, 5) is 1.11. The van der Waals surface area contributed by atoms with Gasteiger partial charge in [-0.25, -0.2) is 0 Å². The van der Waals surface area contributed by atoms with Gasteiger partial charge in [0.15, 0.2) is 0 Å². The second-order valence-electron chi connectivity index (χ2n) is 1.05. The molecule has 1 aromatic rings. The minimum absolute atomic E-state index is 0.553. The van der Waals surface area contributed by atoms with E-state index < -0.39 is 0 Å². The van der Waals surface area contributed by atoms with Crippen LogP contribution in [0.3, 0.4) is 0 Å². The van der Waals surface area contributed by atoms with Crippen molar-refractivity contribution in [3.8, 4) is 12.1 Å². The van der Waals surface area contributed by atoms with Crippen LogP contribution in [0.4, 0.5) is 0 Å². The van der Waals surface area contributed by atoms with Gasteiger partial charge in [-0.05, 0) is 0 Å². The Bertz CT molecular complexity index is 229. The second-order valence-corrected chi connectivity index (χ2v) is 3.20. The van der Waals surface area contributed by atoms with Crippen LogP contribution < -0.4 is 0 Å². The summed E-state index contributed by atoms with van der Waals surface area (Å²) in [6, 6.07) is 3.80. The van der Waals surface area contributed by atoms with Gasteiger partial charge in [-0.1, -0.05) is 20.7 Å². The van der Waals surface area contributed by atoms with Crippen molar-refractivity contribution < 1.29 is 0 Å². The monoisotopic (exact) mass is 140 g/mol. The number of nitriles is 2. The fourth-order valence-electron chi connectivity index (χ4n) is 0.264. The first-order valence-electron chi connectivity index (χ1n) is 1.77. The minimum Gasteiger partial charge on any atom is -0.191 e. The van der Waals surface area contributed by atoms with Crippen molar-refractivity contribution in [3.63, 3.8) is 0 Å². The molecule has 0 saturated carbocycles. The van der Waals surface area contributed by atoms with E-state index in [2.05, 4.69) is 0 Å². The maximum absolute atomic E-state index is 8.19. The van der Waals surface area contributed by atoms with Gasteiger partial charge in [0, 0.05) is 0 Å².